The number of furan rings is 1. The molecule has 3 aromatic rings. The number of hydrogen-bond acceptors (Lipinski definition) is 5. The number of benzene rings is 1. The van der Waals surface area contributed by atoms with E-state index in [0.717, 1.165) is 47.4 Å². The maximum absolute atomic E-state index is 5.76. The zero-order valence-electron chi connectivity index (χ0n) is 15.4. The molecule has 0 aliphatic heterocycles. The quantitative estimate of drug-likeness (QED) is 0.608. The van der Waals surface area contributed by atoms with E-state index in [4.69, 9.17) is 13.9 Å². The van der Waals surface area contributed by atoms with E-state index in [1.807, 2.05) is 55.6 Å². The molecule has 0 fully saturated rings. The van der Waals surface area contributed by atoms with E-state index in [1.54, 1.807) is 14.2 Å². The van der Waals surface area contributed by atoms with Gasteiger partial charge in [-0.1, -0.05) is 12.1 Å². The fraction of sp³-hybridized carbons (Fsp3) is 0.286. The van der Waals surface area contributed by atoms with Gasteiger partial charge in [0, 0.05) is 19.3 Å². The molecular weight excluding hydrogens is 328 g/mol. The molecule has 5 heteroatoms. The van der Waals surface area contributed by atoms with Gasteiger partial charge in [-0.2, -0.15) is 0 Å². The summed E-state index contributed by atoms with van der Waals surface area (Å²) in [5, 5.41) is 0. The zero-order valence-corrected chi connectivity index (χ0v) is 15.4. The smallest absolute Gasteiger partial charge is 0.161 e. The molecule has 1 aromatic carbocycles. The van der Waals surface area contributed by atoms with Crippen molar-refractivity contribution in [2.75, 3.05) is 14.2 Å². The number of pyridine rings is 1. The number of nitrogens with zero attached hydrogens (tertiary/aromatic N) is 2. The molecule has 0 atom stereocenters. The number of ether oxygens (including phenoxy) is 2. The first kappa shape index (κ1) is 18.0. The second-order valence-corrected chi connectivity index (χ2v) is 6.17. The van der Waals surface area contributed by atoms with Crippen molar-refractivity contribution in [2.24, 2.45) is 0 Å². The van der Waals surface area contributed by atoms with Gasteiger partial charge in [0.2, 0.25) is 0 Å². The number of aromatic nitrogens is 1. The Labute approximate surface area is 154 Å². The van der Waals surface area contributed by atoms with E-state index in [0.29, 0.717) is 6.54 Å². The predicted molar refractivity (Wildman–Crippen MR) is 100 cm³/mol. The fourth-order valence-electron chi connectivity index (χ4n) is 2.92. The lowest BCUT2D eigenvalue weighted by molar-refractivity contribution is 0.222. The highest BCUT2D eigenvalue weighted by Gasteiger charge is 2.13. The van der Waals surface area contributed by atoms with Crippen LogP contribution in [0.5, 0.6) is 11.5 Å². The first-order valence-electron chi connectivity index (χ1n) is 8.56. The Morgan fingerprint density at radius 3 is 2.42 bits per heavy atom. The molecule has 0 saturated heterocycles. The van der Waals surface area contributed by atoms with Gasteiger partial charge < -0.3 is 13.9 Å². The minimum absolute atomic E-state index is 0.707. The maximum atomic E-state index is 5.76. The van der Waals surface area contributed by atoms with Gasteiger partial charge in [0.1, 0.15) is 11.5 Å². The van der Waals surface area contributed by atoms with Crippen molar-refractivity contribution in [2.45, 2.75) is 26.6 Å². The third kappa shape index (κ3) is 4.64. The van der Waals surface area contributed by atoms with Gasteiger partial charge >= 0.3 is 0 Å². The highest BCUT2D eigenvalue weighted by molar-refractivity contribution is 5.42. The summed E-state index contributed by atoms with van der Waals surface area (Å²) in [6.07, 6.45) is 1.82. The summed E-state index contributed by atoms with van der Waals surface area (Å²) in [5.41, 5.74) is 2.16. The van der Waals surface area contributed by atoms with Crippen LogP contribution < -0.4 is 9.47 Å². The van der Waals surface area contributed by atoms with Gasteiger partial charge in [-0.05, 0) is 48.9 Å². The number of aryl methyl sites for hydroxylation is 1. The van der Waals surface area contributed by atoms with E-state index >= 15 is 0 Å². The van der Waals surface area contributed by atoms with Crippen LogP contribution in [-0.4, -0.2) is 24.1 Å². The second-order valence-electron chi connectivity index (χ2n) is 6.17. The van der Waals surface area contributed by atoms with Crippen LogP contribution in [0, 0.1) is 6.92 Å². The van der Waals surface area contributed by atoms with Gasteiger partial charge in [0.05, 0.1) is 26.5 Å². The molecule has 0 N–H and O–H groups in total. The second kappa shape index (κ2) is 8.54. The molecule has 0 amide bonds. The normalized spacial score (nSPS) is 10.9. The van der Waals surface area contributed by atoms with Crippen LogP contribution in [0.25, 0.3) is 0 Å². The molecular formula is C21H24N2O3. The SMILES string of the molecule is COc1ccc(CN(Cc2ccccn2)Cc2ccc(C)o2)cc1OC. The Balaban J connectivity index is 1.80. The number of hydrogen-bond donors (Lipinski definition) is 0. The summed E-state index contributed by atoms with van der Waals surface area (Å²) in [5.74, 6) is 3.33. The molecule has 0 bridgehead atoms. The minimum Gasteiger partial charge on any atom is -0.493 e. The molecule has 0 spiro atoms. The molecule has 0 aliphatic rings. The third-order valence-electron chi connectivity index (χ3n) is 4.14. The van der Waals surface area contributed by atoms with Crippen molar-refractivity contribution >= 4 is 0 Å². The minimum atomic E-state index is 0.707. The van der Waals surface area contributed by atoms with Crippen molar-refractivity contribution in [3.8, 4) is 11.5 Å². The summed E-state index contributed by atoms with van der Waals surface area (Å²) in [6.45, 7) is 4.14. The zero-order chi connectivity index (χ0) is 18.4. The summed E-state index contributed by atoms with van der Waals surface area (Å²) < 4.78 is 16.5. The van der Waals surface area contributed by atoms with Crippen LogP contribution in [-0.2, 0) is 19.6 Å². The highest BCUT2D eigenvalue weighted by Crippen LogP contribution is 2.28. The topological polar surface area (TPSA) is 47.7 Å². The van der Waals surface area contributed by atoms with Gasteiger partial charge in [-0.3, -0.25) is 9.88 Å². The lowest BCUT2D eigenvalue weighted by Crippen LogP contribution is -2.22. The number of rotatable bonds is 8. The predicted octanol–water partition coefficient (Wildman–Crippen LogP) is 4.20. The van der Waals surface area contributed by atoms with Gasteiger partial charge in [-0.25, -0.2) is 0 Å². The highest BCUT2D eigenvalue weighted by atomic mass is 16.5. The summed E-state index contributed by atoms with van der Waals surface area (Å²) in [7, 11) is 3.29. The molecule has 2 heterocycles. The number of methoxy groups -OCH3 is 2. The Morgan fingerprint density at radius 1 is 0.923 bits per heavy atom. The molecule has 0 saturated carbocycles. The van der Waals surface area contributed by atoms with Crippen LogP contribution >= 0.6 is 0 Å². The van der Waals surface area contributed by atoms with Crippen molar-refractivity contribution in [3.05, 3.63) is 77.5 Å². The Hall–Kier alpha value is -2.79. The monoisotopic (exact) mass is 352 g/mol. The van der Waals surface area contributed by atoms with E-state index < -0.39 is 0 Å². The average Bonchev–Trinajstić information content (AvgIpc) is 3.07. The fourth-order valence-corrected chi connectivity index (χ4v) is 2.92. The molecule has 2 aromatic heterocycles. The van der Waals surface area contributed by atoms with Crippen molar-refractivity contribution in [3.63, 3.8) is 0 Å². The van der Waals surface area contributed by atoms with E-state index in [-0.39, 0.29) is 0 Å². The standard InChI is InChI=1S/C21H24N2O3/c1-16-7-9-19(26-16)15-23(14-18-6-4-5-11-22-18)13-17-8-10-20(24-2)21(12-17)25-3/h4-12H,13-15H2,1-3H3. The first-order chi connectivity index (χ1) is 12.7. The molecule has 136 valence electrons. The Morgan fingerprint density at radius 2 is 1.77 bits per heavy atom. The Bertz CT molecular complexity index is 830. The molecule has 26 heavy (non-hydrogen) atoms. The molecule has 0 radical (unpaired) electrons. The van der Waals surface area contributed by atoms with Crippen molar-refractivity contribution in [1.82, 2.24) is 9.88 Å². The van der Waals surface area contributed by atoms with Crippen LogP contribution in [0.4, 0.5) is 0 Å². The van der Waals surface area contributed by atoms with Gasteiger partial charge in [0.15, 0.2) is 11.5 Å². The van der Waals surface area contributed by atoms with Crippen molar-refractivity contribution in [1.29, 1.82) is 0 Å². The lowest BCUT2D eigenvalue weighted by atomic mass is 10.1. The van der Waals surface area contributed by atoms with Crippen LogP contribution in [0.3, 0.4) is 0 Å². The van der Waals surface area contributed by atoms with Crippen LogP contribution in [0.15, 0.2) is 59.1 Å². The van der Waals surface area contributed by atoms with E-state index in [2.05, 4.69) is 16.0 Å². The molecule has 0 unspecified atom stereocenters. The third-order valence-corrected chi connectivity index (χ3v) is 4.14. The van der Waals surface area contributed by atoms with Crippen molar-refractivity contribution < 1.29 is 13.9 Å². The van der Waals surface area contributed by atoms with E-state index in [9.17, 15) is 0 Å². The largest absolute Gasteiger partial charge is 0.493 e. The molecule has 3 rings (SSSR count). The summed E-state index contributed by atoms with van der Waals surface area (Å²) >= 11 is 0. The Kier molecular flexibility index (Phi) is 5.92. The maximum Gasteiger partial charge on any atom is 0.161 e. The van der Waals surface area contributed by atoms with Gasteiger partial charge in [0.25, 0.3) is 0 Å². The lowest BCUT2D eigenvalue weighted by Gasteiger charge is -2.21. The van der Waals surface area contributed by atoms with Gasteiger partial charge in [-0.15, -0.1) is 0 Å². The average molecular weight is 352 g/mol. The summed E-state index contributed by atoms with van der Waals surface area (Å²) in [4.78, 5) is 6.74. The summed E-state index contributed by atoms with van der Waals surface area (Å²) in [6, 6.07) is 16.0. The van der Waals surface area contributed by atoms with E-state index in [1.165, 1.54) is 0 Å². The molecule has 5 nitrogen and oxygen atoms in total. The van der Waals surface area contributed by atoms with Crippen LogP contribution in [0.1, 0.15) is 22.8 Å². The molecule has 0 aliphatic carbocycles. The first-order valence-corrected chi connectivity index (χ1v) is 8.56. The van der Waals surface area contributed by atoms with Crippen LogP contribution in [0.2, 0.25) is 0 Å².